The fraction of sp³-hybridized carbons (Fsp3) is 0.429. The predicted molar refractivity (Wildman–Crippen MR) is 74.5 cm³/mol. The molecule has 0 N–H and O–H groups in total. The Morgan fingerprint density at radius 1 is 1.53 bits per heavy atom. The van der Waals surface area contributed by atoms with Crippen LogP contribution in [0.4, 0.5) is 10.1 Å². The van der Waals surface area contributed by atoms with Crippen LogP contribution in [0.25, 0.3) is 0 Å². The van der Waals surface area contributed by atoms with Gasteiger partial charge in [0, 0.05) is 17.4 Å². The topological polar surface area (TPSA) is 37.4 Å². The summed E-state index contributed by atoms with van der Waals surface area (Å²) in [5.41, 5.74) is 0.252. The van der Waals surface area contributed by atoms with Crippen LogP contribution in [0.3, 0.4) is 0 Å². The van der Waals surface area contributed by atoms with Crippen LogP contribution in [0.2, 0.25) is 0 Å². The van der Waals surface area contributed by atoms with Crippen molar-refractivity contribution in [2.75, 3.05) is 11.4 Å². The third kappa shape index (κ3) is 2.86. The summed E-state index contributed by atoms with van der Waals surface area (Å²) < 4.78 is 14.5. The van der Waals surface area contributed by atoms with Gasteiger partial charge in [-0.1, -0.05) is 22.9 Å². The van der Waals surface area contributed by atoms with Crippen LogP contribution in [-0.4, -0.2) is 18.2 Å². The first kappa shape index (κ1) is 14.2. The molecule has 1 aliphatic heterocycles. The van der Waals surface area contributed by atoms with Crippen molar-refractivity contribution in [2.45, 2.75) is 26.2 Å². The number of carbonyl (C=O) groups is 2. The second kappa shape index (κ2) is 5.82. The summed E-state index contributed by atoms with van der Waals surface area (Å²) >= 11 is 3.18. The third-order valence-electron chi connectivity index (χ3n) is 3.38. The van der Waals surface area contributed by atoms with Crippen molar-refractivity contribution < 1.29 is 14.0 Å². The Morgan fingerprint density at radius 3 is 2.89 bits per heavy atom. The number of carbonyl (C=O) groups excluding carboxylic acids is 2. The molecule has 1 atom stereocenters. The van der Waals surface area contributed by atoms with Crippen molar-refractivity contribution in [1.29, 1.82) is 0 Å². The molecule has 1 heterocycles. The van der Waals surface area contributed by atoms with E-state index in [1.165, 1.54) is 11.0 Å². The summed E-state index contributed by atoms with van der Waals surface area (Å²) in [5, 5.41) is 0. The Labute approximate surface area is 119 Å². The monoisotopic (exact) mass is 327 g/mol. The molecule has 1 fully saturated rings. The summed E-state index contributed by atoms with van der Waals surface area (Å²) in [6.07, 6.45) is 1.63. The molecule has 1 unspecified atom stereocenters. The summed E-state index contributed by atoms with van der Waals surface area (Å²) in [6.45, 7) is 2.21. The van der Waals surface area contributed by atoms with Gasteiger partial charge in [-0.25, -0.2) is 4.39 Å². The number of piperidine rings is 1. The zero-order chi connectivity index (χ0) is 14.0. The van der Waals surface area contributed by atoms with Crippen molar-refractivity contribution in [3.63, 3.8) is 0 Å². The SMILES string of the molecule is CCC(=O)C1CCCN(c2ccc(Br)cc2F)C1=O. The lowest BCUT2D eigenvalue weighted by molar-refractivity contribution is -0.133. The van der Waals surface area contributed by atoms with Gasteiger partial charge in [-0.3, -0.25) is 9.59 Å². The largest absolute Gasteiger partial charge is 0.309 e. The standard InChI is InChI=1S/C14H15BrFNO2/c1-2-13(18)10-4-3-7-17(14(10)19)12-6-5-9(15)8-11(12)16/h5-6,8,10H,2-4,7H2,1H3. The summed E-state index contributed by atoms with van der Waals surface area (Å²) in [5.74, 6) is -1.40. The van der Waals surface area contributed by atoms with Crippen molar-refractivity contribution >= 4 is 33.3 Å². The smallest absolute Gasteiger partial charge is 0.237 e. The minimum atomic E-state index is -0.609. The molecule has 1 amide bonds. The van der Waals surface area contributed by atoms with Crippen LogP contribution in [-0.2, 0) is 9.59 Å². The Bertz CT molecular complexity index is 518. The van der Waals surface area contributed by atoms with E-state index in [1.807, 2.05) is 0 Å². The van der Waals surface area contributed by atoms with Crippen LogP contribution >= 0.6 is 15.9 Å². The molecule has 1 aromatic carbocycles. The molecule has 3 nitrogen and oxygen atoms in total. The molecule has 1 aliphatic rings. The fourth-order valence-corrected chi connectivity index (χ4v) is 2.69. The Hall–Kier alpha value is -1.23. The zero-order valence-corrected chi connectivity index (χ0v) is 12.2. The highest BCUT2D eigenvalue weighted by Crippen LogP contribution is 2.29. The van der Waals surface area contributed by atoms with Gasteiger partial charge < -0.3 is 4.90 Å². The van der Waals surface area contributed by atoms with Gasteiger partial charge in [-0.2, -0.15) is 0 Å². The Balaban J connectivity index is 2.29. The van der Waals surface area contributed by atoms with Crippen LogP contribution in [0.15, 0.2) is 22.7 Å². The molecule has 19 heavy (non-hydrogen) atoms. The normalized spacial score (nSPS) is 19.6. The van der Waals surface area contributed by atoms with Crippen LogP contribution in [0.5, 0.6) is 0 Å². The Morgan fingerprint density at radius 2 is 2.26 bits per heavy atom. The van der Waals surface area contributed by atoms with Crippen molar-refractivity contribution in [3.8, 4) is 0 Å². The maximum Gasteiger partial charge on any atom is 0.237 e. The van der Waals surface area contributed by atoms with Crippen molar-refractivity contribution in [3.05, 3.63) is 28.5 Å². The third-order valence-corrected chi connectivity index (χ3v) is 3.87. The second-order valence-electron chi connectivity index (χ2n) is 4.60. The average Bonchev–Trinajstić information content (AvgIpc) is 2.39. The van der Waals surface area contributed by atoms with Gasteiger partial charge in [-0.15, -0.1) is 0 Å². The number of Topliss-reactive ketones (excluding diaryl/α,β-unsaturated/α-hetero) is 1. The molecule has 0 aromatic heterocycles. The van der Waals surface area contributed by atoms with Crippen LogP contribution < -0.4 is 4.90 Å². The van der Waals surface area contributed by atoms with Crippen molar-refractivity contribution in [2.24, 2.45) is 5.92 Å². The molecule has 5 heteroatoms. The molecule has 0 radical (unpaired) electrons. The first-order valence-corrected chi connectivity index (χ1v) is 7.13. The van der Waals surface area contributed by atoms with Gasteiger partial charge in [0.15, 0.2) is 0 Å². The fourth-order valence-electron chi connectivity index (χ4n) is 2.36. The number of ketones is 1. The molecule has 0 bridgehead atoms. The first-order chi connectivity index (χ1) is 9.04. The number of rotatable bonds is 3. The highest BCUT2D eigenvalue weighted by Gasteiger charge is 2.34. The number of hydrogen-bond donors (Lipinski definition) is 0. The predicted octanol–water partition coefficient (Wildman–Crippen LogP) is 3.31. The first-order valence-electron chi connectivity index (χ1n) is 6.33. The molecule has 0 spiro atoms. The summed E-state index contributed by atoms with van der Waals surface area (Å²) in [6, 6.07) is 4.58. The number of anilines is 1. The van der Waals surface area contributed by atoms with E-state index in [1.54, 1.807) is 19.1 Å². The van der Waals surface area contributed by atoms with E-state index in [2.05, 4.69) is 15.9 Å². The number of benzene rings is 1. The molecule has 0 aliphatic carbocycles. The van der Waals surface area contributed by atoms with Gasteiger partial charge in [0.2, 0.25) is 5.91 Å². The lowest BCUT2D eigenvalue weighted by atomic mass is 9.91. The van der Waals surface area contributed by atoms with E-state index < -0.39 is 11.7 Å². The lowest BCUT2D eigenvalue weighted by Gasteiger charge is -2.31. The van der Waals surface area contributed by atoms with E-state index in [0.717, 1.165) is 6.42 Å². The molecule has 1 aromatic rings. The quantitative estimate of drug-likeness (QED) is 0.799. The molecule has 1 saturated heterocycles. The minimum absolute atomic E-state index is 0.0628. The second-order valence-corrected chi connectivity index (χ2v) is 5.52. The molecule has 2 rings (SSSR count). The number of amides is 1. The van der Waals surface area contributed by atoms with Gasteiger partial charge >= 0.3 is 0 Å². The van der Waals surface area contributed by atoms with Crippen LogP contribution in [0, 0.1) is 11.7 Å². The Kier molecular flexibility index (Phi) is 4.34. The van der Waals surface area contributed by atoms with E-state index in [-0.39, 0.29) is 17.4 Å². The highest BCUT2D eigenvalue weighted by molar-refractivity contribution is 9.10. The van der Waals surface area contributed by atoms with Gasteiger partial charge in [-0.05, 0) is 31.0 Å². The number of nitrogens with zero attached hydrogens (tertiary/aromatic N) is 1. The lowest BCUT2D eigenvalue weighted by Crippen LogP contribution is -2.44. The summed E-state index contributed by atoms with van der Waals surface area (Å²) in [7, 11) is 0. The zero-order valence-electron chi connectivity index (χ0n) is 10.7. The van der Waals surface area contributed by atoms with E-state index >= 15 is 0 Å². The van der Waals surface area contributed by atoms with Gasteiger partial charge in [0.1, 0.15) is 11.6 Å². The highest BCUT2D eigenvalue weighted by atomic mass is 79.9. The molecular weight excluding hydrogens is 313 g/mol. The molecule has 0 saturated carbocycles. The van der Waals surface area contributed by atoms with E-state index in [9.17, 15) is 14.0 Å². The average molecular weight is 328 g/mol. The molecule has 102 valence electrons. The van der Waals surface area contributed by atoms with E-state index in [0.29, 0.717) is 23.9 Å². The maximum atomic E-state index is 13.9. The summed E-state index contributed by atoms with van der Waals surface area (Å²) in [4.78, 5) is 25.4. The van der Waals surface area contributed by atoms with Crippen LogP contribution in [0.1, 0.15) is 26.2 Å². The number of halogens is 2. The maximum absolute atomic E-state index is 13.9. The number of hydrogen-bond acceptors (Lipinski definition) is 2. The van der Waals surface area contributed by atoms with Gasteiger partial charge in [0.25, 0.3) is 0 Å². The van der Waals surface area contributed by atoms with Gasteiger partial charge in [0.05, 0.1) is 11.6 Å². The van der Waals surface area contributed by atoms with E-state index in [4.69, 9.17) is 0 Å². The van der Waals surface area contributed by atoms with Crippen molar-refractivity contribution in [1.82, 2.24) is 0 Å². The molecular formula is C14H15BrFNO2. The minimum Gasteiger partial charge on any atom is -0.309 e.